The molecule has 1 amide bonds. The van der Waals surface area contributed by atoms with E-state index in [1.807, 2.05) is 43.0 Å². The minimum absolute atomic E-state index is 0.0452. The lowest BCUT2D eigenvalue weighted by Gasteiger charge is -2.20. The summed E-state index contributed by atoms with van der Waals surface area (Å²) < 4.78 is 11.5. The third-order valence-corrected chi connectivity index (χ3v) is 5.21. The number of pyridine rings is 1. The summed E-state index contributed by atoms with van der Waals surface area (Å²) in [7, 11) is 0. The lowest BCUT2D eigenvalue weighted by Crippen LogP contribution is -2.32. The van der Waals surface area contributed by atoms with Crippen LogP contribution in [-0.4, -0.2) is 48.1 Å². The summed E-state index contributed by atoms with van der Waals surface area (Å²) in [6, 6.07) is 7.66. The first kappa shape index (κ1) is 16.1. The standard InChI is InChI=1S/C19H23N3O3/c1-12-7-15(13(2)25-12)19(23)22-9-16-14(11-24-17(16)10-22)8-21-18-5-3-4-6-20-18/h3-7,14,16-17H,8-11H2,1-2H3,(H,20,21)/t14-,16+,17+/m0/s1. The van der Waals surface area contributed by atoms with E-state index < -0.39 is 0 Å². The van der Waals surface area contributed by atoms with Gasteiger partial charge in [0.1, 0.15) is 17.3 Å². The number of rotatable bonds is 4. The fourth-order valence-electron chi connectivity index (χ4n) is 3.89. The van der Waals surface area contributed by atoms with Gasteiger partial charge in [-0.15, -0.1) is 0 Å². The van der Waals surface area contributed by atoms with Gasteiger partial charge in [-0.2, -0.15) is 0 Å². The zero-order valence-electron chi connectivity index (χ0n) is 14.6. The van der Waals surface area contributed by atoms with Gasteiger partial charge in [0.25, 0.3) is 5.91 Å². The number of aromatic nitrogens is 1. The van der Waals surface area contributed by atoms with E-state index in [1.54, 1.807) is 6.20 Å². The van der Waals surface area contributed by atoms with Crippen molar-refractivity contribution in [1.82, 2.24) is 9.88 Å². The van der Waals surface area contributed by atoms with Gasteiger partial charge in [-0.1, -0.05) is 6.07 Å². The second kappa shape index (κ2) is 6.52. The molecule has 2 aromatic heterocycles. The molecule has 2 saturated heterocycles. The van der Waals surface area contributed by atoms with Gasteiger partial charge in [0.15, 0.2) is 0 Å². The van der Waals surface area contributed by atoms with Gasteiger partial charge >= 0.3 is 0 Å². The number of anilines is 1. The highest BCUT2D eigenvalue weighted by atomic mass is 16.5. The highest BCUT2D eigenvalue weighted by Crippen LogP contribution is 2.34. The number of carbonyl (C=O) groups is 1. The van der Waals surface area contributed by atoms with Crippen LogP contribution in [0.5, 0.6) is 0 Å². The van der Waals surface area contributed by atoms with Crippen LogP contribution in [0.3, 0.4) is 0 Å². The molecule has 2 fully saturated rings. The van der Waals surface area contributed by atoms with Crippen molar-refractivity contribution in [2.45, 2.75) is 20.0 Å². The summed E-state index contributed by atoms with van der Waals surface area (Å²) in [6.07, 6.45) is 1.91. The first-order chi connectivity index (χ1) is 12.1. The van der Waals surface area contributed by atoms with Gasteiger partial charge in [0.2, 0.25) is 0 Å². The number of furan rings is 1. The topological polar surface area (TPSA) is 67.6 Å². The summed E-state index contributed by atoms with van der Waals surface area (Å²) in [5.74, 6) is 3.14. The van der Waals surface area contributed by atoms with Crippen LogP contribution in [0.4, 0.5) is 5.82 Å². The number of ether oxygens (including phenoxy) is 1. The molecule has 2 aliphatic rings. The van der Waals surface area contributed by atoms with Crippen molar-refractivity contribution in [2.75, 3.05) is 31.6 Å². The lowest BCUT2D eigenvalue weighted by molar-refractivity contribution is 0.0679. The molecule has 6 nitrogen and oxygen atoms in total. The predicted octanol–water partition coefficient (Wildman–Crippen LogP) is 2.49. The van der Waals surface area contributed by atoms with Gasteiger partial charge in [-0.05, 0) is 32.0 Å². The molecule has 0 unspecified atom stereocenters. The third-order valence-electron chi connectivity index (χ3n) is 5.21. The van der Waals surface area contributed by atoms with Gasteiger partial charge in [-0.3, -0.25) is 4.79 Å². The Morgan fingerprint density at radius 1 is 1.36 bits per heavy atom. The van der Waals surface area contributed by atoms with Crippen LogP contribution in [0.15, 0.2) is 34.9 Å². The van der Waals surface area contributed by atoms with Crippen molar-refractivity contribution >= 4 is 11.7 Å². The number of hydrogen-bond acceptors (Lipinski definition) is 5. The summed E-state index contributed by atoms with van der Waals surface area (Å²) in [5.41, 5.74) is 0.667. The molecule has 1 N–H and O–H groups in total. The summed E-state index contributed by atoms with van der Waals surface area (Å²) in [5, 5.41) is 3.38. The largest absolute Gasteiger partial charge is 0.466 e. The van der Waals surface area contributed by atoms with Crippen LogP contribution >= 0.6 is 0 Å². The Labute approximate surface area is 147 Å². The molecule has 25 heavy (non-hydrogen) atoms. The summed E-state index contributed by atoms with van der Waals surface area (Å²) in [4.78, 5) is 19.0. The maximum Gasteiger partial charge on any atom is 0.257 e. The van der Waals surface area contributed by atoms with E-state index in [0.717, 1.165) is 31.3 Å². The number of hydrogen-bond donors (Lipinski definition) is 1. The number of aryl methyl sites for hydroxylation is 2. The van der Waals surface area contributed by atoms with E-state index in [4.69, 9.17) is 9.15 Å². The monoisotopic (exact) mass is 341 g/mol. The van der Waals surface area contributed by atoms with Crippen molar-refractivity contribution < 1.29 is 13.9 Å². The number of likely N-dealkylation sites (tertiary alicyclic amines) is 1. The smallest absolute Gasteiger partial charge is 0.257 e. The number of fused-ring (bicyclic) bond motifs is 1. The molecule has 4 rings (SSSR count). The Bertz CT molecular complexity index is 759. The van der Waals surface area contributed by atoms with Crippen molar-refractivity contribution in [3.05, 3.63) is 47.5 Å². The van der Waals surface area contributed by atoms with Gasteiger partial charge in [0, 0.05) is 37.7 Å². The fourth-order valence-corrected chi connectivity index (χ4v) is 3.89. The Hall–Kier alpha value is -2.34. The van der Waals surface area contributed by atoms with Crippen LogP contribution in [0.1, 0.15) is 21.9 Å². The SMILES string of the molecule is Cc1cc(C(=O)N2C[C@@H]3[C@@H](CNc4ccccn4)CO[C@@H]3C2)c(C)o1. The molecule has 2 aliphatic heterocycles. The van der Waals surface area contributed by atoms with Gasteiger partial charge in [-0.25, -0.2) is 4.98 Å². The zero-order chi connectivity index (χ0) is 17.4. The molecular weight excluding hydrogens is 318 g/mol. The van der Waals surface area contributed by atoms with E-state index in [2.05, 4.69) is 10.3 Å². The second-order valence-electron chi connectivity index (χ2n) is 6.93. The third kappa shape index (κ3) is 3.14. The van der Waals surface area contributed by atoms with Crippen LogP contribution in [0.25, 0.3) is 0 Å². The van der Waals surface area contributed by atoms with Crippen molar-refractivity contribution in [1.29, 1.82) is 0 Å². The highest BCUT2D eigenvalue weighted by Gasteiger charge is 2.45. The van der Waals surface area contributed by atoms with Crippen LogP contribution < -0.4 is 5.32 Å². The maximum atomic E-state index is 12.8. The van der Waals surface area contributed by atoms with Crippen molar-refractivity contribution in [3.8, 4) is 0 Å². The summed E-state index contributed by atoms with van der Waals surface area (Å²) in [6.45, 7) is 6.65. The summed E-state index contributed by atoms with van der Waals surface area (Å²) >= 11 is 0. The lowest BCUT2D eigenvalue weighted by atomic mass is 9.93. The van der Waals surface area contributed by atoms with Gasteiger partial charge in [0.05, 0.1) is 18.3 Å². The van der Waals surface area contributed by atoms with E-state index in [-0.39, 0.29) is 12.0 Å². The Morgan fingerprint density at radius 2 is 2.24 bits per heavy atom. The van der Waals surface area contributed by atoms with E-state index >= 15 is 0 Å². The molecule has 0 aromatic carbocycles. The van der Waals surface area contributed by atoms with E-state index in [9.17, 15) is 4.79 Å². The molecule has 4 heterocycles. The normalized spacial score (nSPS) is 25.2. The molecule has 3 atom stereocenters. The van der Waals surface area contributed by atoms with Crippen molar-refractivity contribution in [2.24, 2.45) is 11.8 Å². The molecule has 0 saturated carbocycles. The minimum Gasteiger partial charge on any atom is -0.466 e. The van der Waals surface area contributed by atoms with Crippen LogP contribution in [-0.2, 0) is 4.74 Å². The van der Waals surface area contributed by atoms with Crippen LogP contribution in [0, 0.1) is 25.7 Å². The molecule has 132 valence electrons. The molecule has 0 radical (unpaired) electrons. The highest BCUT2D eigenvalue weighted by molar-refractivity contribution is 5.95. The number of carbonyl (C=O) groups excluding carboxylic acids is 1. The molecular formula is C19H23N3O3. The number of nitrogens with zero attached hydrogens (tertiary/aromatic N) is 2. The Kier molecular flexibility index (Phi) is 4.21. The van der Waals surface area contributed by atoms with Gasteiger partial charge < -0.3 is 19.4 Å². The maximum absolute atomic E-state index is 12.8. The average molecular weight is 341 g/mol. The Balaban J connectivity index is 1.39. The van der Waals surface area contributed by atoms with Crippen LogP contribution in [0.2, 0.25) is 0 Å². The second-order valence-corrected chi connectivity index (χ2v) is 6.93. The van der Waals surface area contributed by atoms with E-state index in [0.29, 0.717) is 29.7 Å². The predicted molar refractivity (Wildman–Crippen MR) is 93.5 cm³/mol. The average Bonchev–Trinajstić information content (AvgIpc) is 3.27. The first-order valence-corrected chi connectivity index (χ1v) is 8.74. The first-order valence-electron chi connectivity index (χ1n) is 8.74. The molecule has 6 heteroatoms. The molecule has 2 aromatic rings. The fraction of sp³-hybridized carbons (Fsp3) is 0.474. The zero-order valence-corrected chi connectivity index (χ0v) is 14.6. The van der Waals surface area contributed by atoms with Crippen molar-refractivity contribution in [3.63, 3.8) is 0 Å². The molecule has 0 spiro atoms. The Morgan fingerprint density at radius 3 is 2.96 bits per heavy atom. The number of amides is 1. The molecule has 0 aliphatic carbocycles. The minimum atomic E-state index is 0.0452. The molecule has 0 bridgehead atoms. The number of nitrogens with one attached hydrogen (secondary N) is 1. The quantitative estimate of drug-likeness (QED) is 0.925. The van der Waals surface area contributed by atoms with E-state index in [1.165, 1.54) is 0 Å².